The zero-order valence-electron chi connectivity index (χ0n) is 34.4. The summed E-state index contributed by atoms with van der Waals surface area (Å²) in [4.78, 5) is 11.4. The summed E-state index contributed by atoms with van der Waals surface area (Å²) in [6.45, 7) is 4.62. The maximum Gasteiger partial charge on any atom is 0.235 e. The predicted molar refractivity (Wildman–Crippen MR) is 260 cm³/mol. The minimum Gasteiger partial charge on any atom is -0.277 e. The zero-order valence-corrected chi connectivity index (χ0v) is 34.4. The first-order valence-electron chi connectivity index (χ1n) is 21.5. The number of rotatable bonds is 4. The van der Waals surface area contributed by atoms with Crippen molar-refractivity contribution in [2.24, 2.45) is 0 Å². The van der Waals surface area contributed by atoms with Crippen molar-refractivity contribution in [3.8, 4) is 50.6 Å². The minimum atomic E-state index is -0.346. The standard InChI is InChI=1S/C59H39N3/c1-59(2)50-23-13-12-22-48(50)54-55(41-30-28-39(29-31-41)38-26-24-37(25-27-38)36-14-4-3-5-15-36)60-58(61-57(54)59)62-51-35-34-47-45-20-9-8-18-43(45)44-19-10-11-21-46(44)52(47)53(51)49-33-32-40-16-6-7-17-42(40)56(49)62/h3-35H,1-2H3. The van der Waals surface area contributed by atoms with E-state index in [4.69, 9.17) is 9.97 Å². The summed E-state index contributed by atoms with van der Waals surface area (Å²) < 4.78 is 2.36. The quantitative estimate of drug-likeness (QED) is 0.166. The zero-order chi connectivity index (χ0) is 41.1. The SMILES string of the molecule is CC1(C)c2ccccc2-c2c(-c3ccc(-c4ccc(-c5ccccc5)cc4)cc3)nc(-n3c4ccc5c6ccccc6c6ccccc6c5c4c4ccc5ccccc5c43)nc21. The van der Waals surface area contributed by atoms with Crippen LogP contribution >= 0.6 is 0 Å². The van der Waals surface area contributed by atoms with Crippen LogP contribution in [0.25, 0.3) is 115 Å². The molecular weight excluding hydrogens is 751 g/mol. The van der Waals surface area contributed by atoms with E-state index in [1.807, 2.05) is 0 Å². The van der Waals surface area contributed by atoms with Crippen molar-refractivity contribution in [1.29, 1.82) is 0 Å². The molecule has 13 rings (SSSR count). The van der Waals surface area contributed by atoms with Gasteiger partial charge in [0.05, 0.1) is 22.4 Å². The van der Waals surface area contributed by atoms with E-state index in [0.29, 0.717) is 5.95 Å². The summed E-state index contributed by atoms with van der Waals surface area (Å²) >= 11 is 0. The highest BCUT2D eigenvalue weighted by Gasteiger charge is 2.40. The van der Waals surface area contributed by atoms with Gasteiger partial charge in [-0.05, 0) is 71.8 Å². The molecule has 0 N–H and O–H groups in total. The van der Waals surface area contributed by atoms with Crippen molar-refractivity contribution in [1.82, 2.24) is 14.5 Å². The van der Waals surface area contributed by atoms with E-state index in [1.54, 1.807) is 0 Å². The van der Waals surface area contributed by atoms with Crippen LogP contribution < -0.4 is 0 Å². The molecule has 3 heteroatoms. The van der Waals surface area contributed by atoms with Gasteiger partial charge in [0, 0.05) is 38.1 Å². The van der Waals surface area contributed by atoms with E-state index >= 15 is 0 Å². The molecule has 0 atom stereocenters. The van der Waals surface area contributed by atoms with Crippen LogP contribution in [-0.4, -0.2) is 14.5 Å². The fraction of sp³-hybridized carbons (Fsp3) is 0.0508. The third-order valence-corrected chi connectivity index (χ3v) is 13.6. The highest BCUT2D eigenvalue weighted by molar-refractivity contribution is 6.36. The van der Waals surface area contributed by atoms with Crippen molar-refractivity contribution in [3.63, 3.8) is 0 Å². The molecule has 0 aliphatic heterocycles. The Balaban J connectivity index is 1.09. The number of benzene rings is 10. The second-order valence-electron chi connectivity index (χ2n) is 17.3. The topological polar surface area (TPSA) is 30.7 Å². The second kappa shape index (κ2) is 13.1. The van der Waals surface area contributed by atoms with Gasteiger partial charge in [-0.2, -0.15) is 0 Å². The Morgan fingerprint density at radius 2 is 0.903 bits per heavy atom. The van der Waals surface area contributed by atoms with Crippen LogP contribution in [0.15, 0.2) is 200 Å². The van der Waals surface area contributed by atoms with E-state index in [1.165, 1.54) is 87.2 Å². The lowest BCUT2D eigenvalue weighted by Gasteiger charge is -2.21. The summed E-state index contributed by atoms with van der Waals surface area (Å²) in [6.07, 6.45) is 0. The lowest BCUT2D eigenvalue weighted by atomic mass is 9.85. The predicted octanol–water partition coefficient (Wildman–Crippen LogP) is 15.5. The highest BCUT2D eigenvalue weighted by atomic mass is 15.2. The van der Waals surface area contributed by atoms with Crippen LogP contribution in [0.5, 0.6) is 0 Å². The molecule has 1 aliphatic rings. The number of fused-ring (bicyclic) bond motifs is 15. The molecule has 62 heavy (non-hydrogen) atoms. The summed E-state index contributed by atoms with van der Waals surface area (Å²) in [5, 5.41) is 12.3. The van der Waals surface area contributed by atoms with Crippen molar-refractivity contribution in [2.75, 3.05) is 0 Å². The maximum absolute atomic E-state index is 5.72. The van der Waals surface area contributed by atoms with Crippen molar-refractivity contribution in [3.05, 3.63) is 211 Å². The molecular formula is C59H39N3. The van der Waals surface area contributed by atoms with Crippen LogP contribution in [0, 0.1) is 0 Å². The van der Waals surface area contributed by atoms with E-state index < -0.39 is 0 Å². The van der Waals surface area contributed by atoms with Gasteiger partial charge < -0.3 is 0 Å². The van der Waals surface area contributed by atoms with Gasteiger partial charge in [-0.25, -0.2) is 9.97 Å². The Kier molecular flexibility index (Phi) is 7.36. The summed E-state index contributed by atoms with van der Waals surface area (Å²) in [6, 6.07) is 72.9. The first-order valence-corrected chi connectivity index (χ1v) is 21.5. The van der Waals surface area contributed by atoms with Crippen LogP contribution in [0.3, 0.4) is 0 Å². The fourth-order valence-corrected chi connectivity index (χ4v) is 10.6. The molecule has 12 aromatic rings. The van der Waals surface area contributed by atoms with Gasteiger partial charge in [0.25, 0.3) is 0 Å². The molecule has 10 aromatic carbocycles. The molecule has 290 valence electrons. The van der Waals surface area contributed by atoms with Crippen molar-refractivity contribution < 1.29 is 0 Å². The van der Waals surface area contributed by atoms with E-state index in [-0.39, 0.29) is 5.41 Å². The molecule has 0 unspecified atom stereocenters. The monoisotopic (exact) mass is 789 g/mol. The Morgan fingerprint density at radius 3 is 1.60 bits per heavy atom. The van der Waals surface area contributed by atoms with Gasteiger partial charge in [0.2, 0.25) is 5.95 Å². The number of nitrogens with zero attached hydrogens (tertiary/aromatic N) is 3. The van der Waals surface area contributed by atoms with Crippen LogP contribution in [-0.2, 0) is 5.41 Å². The van der Waals surface area contributed by atoms with E-state index in [9.17, 15) is 0 Å². The van der Waals surface area contributed by atoms with Crippen LogP contribution in [0.4, 0.5) is 0 Å². The average molecular weight is 790 g/mol. The van der Waals surface area contributed by atoms with E-state index in [0.717, 1.165) is 33.5 Å². The fourth-order valence-electron chi connectivity index (χ4n) is 10.6. The minimum absolute atomic E-state index is 0.346. The van der Waals surface area contributed by atoms with E-state index in [2.05, 4.69) is 219 Å². The first-order chi connectivity index (χ1) is 30.5. The Bertz CT molecular complexity index is 3770. The van der Waals surface area contributed by atoms with Gasteiger partial charge in [-0.3, -0.25) is 4.57 Å². The molecule has 0 fully saturated rings. The largest absolute Gasteiger partial charge is 0.277 e. The third kappa shape index (κ3) is 4.94. The first kappa shape index (κ1) is 34.9. The molecule has 0 bridgehead atoms. The molecule has 0 spiro atoms. The van der Waals surface area contributed by atoms with Gasteiger partial charge in [-0.15, -0.1) is 0 Å². The van der Waals surface area contributed by atoms with Crippen molar-refractivity contribution in [2.45, 2.75) is 19.3 Å². The number of hydrogen-bond donors (Lipinski definition) is 0. The maximum atomic E-state index is 5.72. The summed E-state index contributed by atoms with van der Waals surface area (Å²) in [5.74, 6) is 0.681. The average Bonchev–Trinajstić information content (AvgIpc) is 3.80. The molecule has 1 aliphatic carbocycles. The van der Waals surface area contributed by atoms with Gasteiger partial charge >= 0.3 is 0 Å². The highest BCUT2D eigenvalue weighted by Crippen LogP contribution is 2.52. The van der Waals surface area contributed by atoms with Gasteiger partial charge in [0.1, 0.15) is 0 Å². The lowest BCUT2D eigenvalue weighted by molar-refractivity contribution is 0.632. The Hall–Kier alpha value is -7.88. The normalized spacial score (nSPS) is 13.1. The molecule has 2 aromatic heterocycles. The molecule has 0 radical (unpaired) electrons. The van der Waals surface area contributed by atoms with Gasteiger partial charge in [0.15, 0.2) is 0 Å². The van der Waals surface area contributed by atoms with Crippen LogP contribution in [0.2, 0.25) is 0 Å². The molecule has 0 amide bonds. The van der Waals surface area contributed by atoms with Gasteiger partial charge in [-0.1, -0.05) is 208 Å². The Labute approximate surface area is 359 Å². The third-order valence-electron chi connectivity index (χ3n) is 13.6. The lowest BCUT2D eigenvalue weighted by Crippen LogP contribution is -2.18. The van der Waals surface area contributed by atoms with Crippen molar-refractivity contribution >= 4 is 64.9 Å². The number of aromatic nitrogens is 3. The Morgan fingerprint density at radius 1 is 0.387 bits per heavy atom. The smallest absolute Gasteiger partial charge is 0.235 e. The molecule has 3 nitrogen and oxygen atoms in total. The molecule has 0 saturated carbocycles. The summed E-state index contributed by atoms with van der Waals surface area (Å²) in [7, 11) is 0. The second-order valence-corrected chi connectivity index (χ2v) is 17.3. The molecule has 0 saturated heterocycles. The van der Waals surface area contributed by atoms with Crippen LogP contribution in [0.1, 0.15) is 25.1 Å². The summed E-state index contributed by atoms with van der Waals surface area (Å²) in [5.41, 5.74) is 13.3. The molecule has 2 heterocycles. The number of hydrogen-bond acceptors (Lipinski definition) is 2.